The van der Waals surface area contributed by atoms with E-state index in [1.165, 1.54) is 0 Å². The summed E-state index contributed by atoms with van der Waals surface area (Å²) < 4.78 is 5.63. The Balaban J connectivity index is 2.40. The lowest BCUT2D eigenvalue weighted by atomic mass is 9.94. The number of rotatable bonds is 0. The van der Waals surface area contributed by atoms with Gasteiger partial charge in [-0.05, 0) is 38.5 Å². The van der Waals surface area contributed by atoms with Crippen molar-refractivity contribution in [2.45, 2.75) is 20.8 Å². The van der Waals surface area contributed by atoms with Gasteiger partial charge in [-0.2, -0.15) is 0 Å². The summed E-state index contributed by atoms with van der Waals surface area (Å²) >= 11 is 0. The molecule has 0 radical (unpaired) electrons. The molecule has 15 heavy (non-hydrogen) atoms. The summed E-state index contributed by atoms with van der Waals surface area (Å²) in [6.45, 7) is 6.17. The molecular formula is C12H15NO2. The smallest absolute Gasteiger partial charge is 0.233 e. The predicted molar refractivity (Wildman–Crippen MR) is 59.1 cm³/mol. The van der Waals surface area contributed by atoms with E-state index in [1.54, 1.807) is 0 Å². The van der Waals surface area contributed by atoms with Crippen LogP contribution in [0.2, 0.25) is 0 Å². The number of aryl methyl sites for hydroxylation is 1. The van der Waals surface area contributed by atoms with E-state index >= 15 is 0 Å². The van der Waals surface area contributed by atoms with E-state index in [0.717, 1.165) is 17.0 Å². The SMILES string of the molecule is Cc1ccc2c(c1)OCC(C)(C)C(=O)N2. The second-order valence-electron chi connectivity index (χ2n) is 4.63. The lowest BCUT2D eigenvalue weighted by Gasteiger charge is -2.18. The van der Waals surface area contributed by atoms with Crippen molar-refractivity contribution in [1.82, 2.24) is 0 Å². The van der Waals surface area contributed by atoms with Crippen molar-refractivity contribution in [2.75, 3.05) is 11.9 Å². The minimum Gasteiger partial charge on any atom is -0.490 e. The zero-order valence-electron chi connectivity index (χ0n) is 9.26. The minimum absolute atomic E-state index is 0.00473. The molecule has 3 heteroatoms. The molecule has 1 heterocycles. The van der Waals surface area contributed by atoms with Gasteiger partial charge in [-0.15, -0.1) is 0 Å². The van der Waals surface area contributed by atoms with Gasteiger partial charge < -0.3 is 10.1 Å². The van der Waals surface area contributed by atoms with Gasteiger partial charge in [-0.25, -0.2) is 0 Å². The predicted octanol–water partition coefficient (Wildman–Crippen LogP) is 2.35. The van der Waals surface area contributed by atoms with E-state index in [9.17, 15) is 4.79 Å². The molecule has 2 rings (SSSR count). The lowest BCUT2D eigenvalue weighted by molar-refractivity contribution is -0.124. The second kappa shape index (κ2) is 3.26. The fraction of sp³-hybridized carbons (Fsp3) is 0.417. The molecule has 80 valence electrons. The molecule has 3 nitrogen and oxygen atoms in total. The second-order valence-corrected chi connectivity index (χ2v) is 4.63. The average Bonchev–Trinajstić information content (AvgIpc) is 2.27. The fourth-order valence-electron chi connectivity index (χ4n) is 1.47. The Morgan fingerprint density at radius 2 is 2.13 bits per heavy atom. The first-order valence-corrected chi connectivity index (χ1v) is 5.04. The first-order chi connectivity index (χ1) is 6.99. The summed E-state index contributed by atoms with van der Waals surface area (Å²) in [5.74, 6) is 0.763. The number of benzene rings is 1. The largest absolute Gasteiger partial charge is 0.490 e. The molecule has 1 aromatic rings. The van der Waals surface area contributed by atoms with Crippen molar-refractivity contribution >= 4 is 11.6 Å². The van der Waals surface area contributed by atoms with Gasteiger partial charge in [0.2, 0.25) is 5.91 Å². The highest BCUT2D eigenvalue weighted by Crippen LogP contribution is 2.32. The molecule has 0 fully saturated rings. The Hall–Kier alpha value is -1.51. The topological polar surface area (TPSA) is 38.3 Å². The maximum Gasteiger partial charge on any atom is 0.233 e. The highest BCUT2D eigenvalue weighted by atomic mass is 16.5. The zero-order valence-corrected chi connectivity index (χ0v) is 9.26. The number of hydrogen-bond acceptors (Lipinski definition) is 2. The van der Waals surface area contributed by atoms with Crippen LogP contribution in [0.4, 0.5) is 5.69 Å². The van der Waals surface area contributed by atoms with Gasteiger partial charge in [0.15, 0.2) is 0 Å². The van der Waals surface area contributed by atoms with Crippen molar-refractivity contribution in [3.05, 3.63) is 23.8 Å². The molecule has 0 saturated carbocycles. The Bertz CT molecular complexity index is 410. The summed E-state index contributed by atoms with van der Waals surface area (Å²) in [6, 6.07) is 5.78. The van der Waals surface area contributed by atoms with Crippen LogP contribution in [0.3, 0.4) is 0 Å². The van der Waals surface area contributed by atoms with E-state index < -0.39 is 5.41 Å². The van der Waals surface area contributed by atoms with Crippen LogP contribution in [0.5, 0.6) is 5.75 Å². The van der Waals surface area contributed by atoms with Gasteiger partial charge in [0.05, 0.1) is 11.1 Å². The van der Waals surface area contributed by atoms with Crippen LogP contribution in [-0.4, -0.2) is 12.5 Å². The number of carbonyl (C=O) groups is 1. The van der Waals surface area contributed by atoms with E-state index in [-0.39, 0.29) is 5.91 Å². The van der Waals surface area contributed by atoms with E-state index in [0.29, 0.717) is 6.61 Å². The quantitative estimate of drug-likeness (QED) is 0.706. The monoisotopic (exact) mass is 205 g/mol. The highest BCUT2D eigenvalue weighted by Gasteiger charge is 2.32. The zero-order chi connectivity index (χ0) is 11.1. The van der Waals surface area contributed by atoms with Crippen molar-refractivity contribution < 1.29 is 9.53 Å². The molecule has 1 aromatic carbocycles. The normalized spacial score (nSPS) is 18.5. The van der Waals surface area contributed by atoms with Gasteiger partial charge in [0, 0.05) is 0 Å². The van der Waals surface area contributed by atoms with Gasteiger partial charge in [0.25, 0.3) is 0 Å². The maximum absolute atomic E-state index is 11.8. The number of amides is 1. The van der Waals surface area contributed by atoms with Gasteiger partial charge >= 0.3 is 0 Å². The Kier molecular flexibility index (Phi) is 2.18. The van der Waals surface area contributed by atoms with Crippen LogP contribution in [-0.2, 0) is 4.79 Å². The molecule has 1 aliphatic heterocycles. The van der Waals surface area contributed by atoms with Crippen molar-refractivity contribution in [1.29, 1.82) is 0 Å². The van der Waals surface area contributed by atoms with Gasteiger partial charge in [-0.1, -0.05) is 6.07 Å². The Morgan fingerprint density at radius 3 is 2.87 bits per heavy atom. The molecule has 0 unspecified atom stereocenters. The molecule has 0 saturated heterocycles. The van der Waals surface area contributed by atoms with Gasteiger partial charge in [-0.3, -0.25) is 4.79 Å². The summed E-state index contributed by atoms with van der Waals surface area (Å²) in [7, 11) is 0. The van der Waals surface area contributed by atoms with Crippen molar-refractivity contribution in [2.24, 2.45) is 5.41 Å². The lowest BCUT2D eigenvalue weighted by Crippen LogP contribution is -2.33. The number of ether oxygens (including phenoxy) is 1. The van der Waals surface area contributed by atoms with Crippen molar-refractivity contribution in [3.8, 4) is 5.75 Å². The summed E-state index contributed by atoms with van der Waals surface area (Å²) in [6.07, 6.45) is 0. The maximum atomic E-state index is 11.8. The number of hydrogen-bond donors (Lipinski definition) is 1. The number of fused-ring (bicyclic) bond motifs is 1. The fourth-order valence-corrected chi connectivity index (χ4v) is 1.47. The average molecular weight is 205 g/mol. The first kappa shape index (κ1) is 10.0. The van der Waals surface area contributed by atoms with Crippen LogP contribution < -0.4 is 10.1 Å². The number of carbonyl (C=O) groups excluding carboxylic acids is 1. The van der Waals surface area contributed by atoms with Crippen LogP contribution >= 0.6 is 0 Å². The highest BCUT2D eigenvalue weighted by molar-refractivity contribution is 5.96. The molecule has 0 aliphatic carbocycles. The molecule has 1 amide bonds. The van der Waals surface area contributed by atoms with E-state index in [4.69, 9.17) is 4.74 Å². The van der Waals surface area contributed by atoms with Crippen LogP contribution in [0, 0.1) is 12.3 Å². The third-order valence-electron chi connectivity index (χ3n) is 2.59. The molecule has 1 N–H and O–H groups in total. The van der Waals surface area contributed by atoms with Crippen LogP contribution in [0.25, 0.3) is 0 Å². The summed E-state index contributed by atoms with van der Waals surface area (Å²) in [5.41, 5.74) is 1.41. The summed E-state index contributed by atoms with van der Waals surface area (Å²) in [4.78, 5) is 11.8. The molecule has 0 bridgehead atoms. The third-order valence-corrected chi connectivity index (χ3v) is 2.59. The van der Waals surface area contributed by atoms with Crippen LogP contribution in [0.15, 0.2) is 18.2 Å². The van der Waals surface area contributed by atoms with Crippen molar-refractivity contribution in [3.63, 3.8) is 0 Å². The van der Waals surface area contributed by atoms with E-state index in [2.05, 4.69) is 5.32 Å². The first-order valence-electron chi connectivity index (χ1n) is 5.04. The molecule has 1 aliphatic rings. The third kappa shape index (κ3) is 1.82. The van der Waals surface area contributed by atoms with Crippen LogP contribution in [0.1, 0.15) is 19.4 Å². The Labute approximate surface area is 89.4 Å². The minimum atomic E-state index is -0.479. The summed E-state index contributed by atoms with van der Waals surface area (Å²) in [5, 5.41) is 2.88. The molecule has 0 atom stereocenters. The standard InChI is InChI=1S/C12H15NO2/c1-8-4-5-9-10(6-8)15-7-12(2,3)11(14)13-9/h4-6H,7H2,1-3H3,(H,13,14). The number of anilines is 1. The molecule has 0 spiro atoms. The Morgan fingerprint density at radius 1 is 1.40 bits per heavy atom. The number of nitrogens with one attached hydrogen (secondary N) is 1. The molecular weight excluding hydrogens is 190 g/mol. The molecule has 0 aromatic heterocycles. The van der Waals surface area contributed by atoms with E-state index in [1.807, 2.05) is 39.0 Å². The van der Waals surface area contributed by atoms with Gasteiger partial charge in [0.1, 0.15) is 12.4 Å².